The number of carbonyl (C=O) groups excluding carboxylic acids is 1. The van der Waals surface area contributed by atoms with Crippen LogP contribution in [0.4, 0.5) is 4.79 Å². The molecule has 1 N–H and O–H groups in total. The van der Waals surface area contributed by atoms with Gasteiger partial charge in [0.05, 0.1) is 18.4 Å². The summed E-state index contributed by atoms with van der Waals surface area (Å²) >= 11 is 0. The van der Waals surface area contributed by atoms with Gasteiger partial charge in [0.15, 0.2) is 5.82 Å². The lowest BCUT2D eigenvalue weighted by Gasteiger charge is -2.33. The molecule has 1 aromatic carbocycles. The van der Waals surface area contributed by atoms with Gasteiger partial charge in [-0.3, -0.25) is 9.78 Å². The van der Waals surface area contributed by atoms with Crippen molar-refractivity contribution in [2.24, 2.45) is 0 Å². The van der Waals surface area contributed by atoms with Crippen LogP contribution in [0.3, 0.4) is 0 Å². The number of aromatic nitrogens is 6. The molecule has 9 heteroatoms. The van der Waals surface area contributed by atoms with Crippen molar-refractivity contribution < 1.29 is 9.53 Å². The monoisotopic (exact) mass is 471 g/mol. The molecule has 180 valence electrons. The van der Waals surface area contributed by atoms with Crippen LogP contribution < -0.4 is 0 Å². The van der Waals surface area contributed by atoms with Gasteiger partial charge in [0, 0.05) is 60.1 Å². The Morgan fingerprint density at radius 3 is 2.40 bits per heavy atom. The van der Waals surface area contributed by atoms with E-state index < -0.39 is 5.60 Å². The van der Waals surface area contributed by atoms with Crippen molar-refractivity contribution in [3.8, 4) is 33.6 Å². The molecular formula is C26H29N7O2. The van der Waals surface area contributed by atoms with E-state index in [2.05, 4.69) is 31.3 Å². The maximum atomic E-state index is 12.3. The highest BCUT2D eigenvalue weighted by molar-refractivity contribution is 5.70. The number of nitrogens with one attached hydrogen (secondary N) is 1. The van der Waals surface area contributed by atoms with E-state index in [4.69, 9.17) is 4.74 Å². The highest BCUT2D eigenvalue weighted by atomic mass is 16.6. The summed E-state index contributed by atoms with van der Waals surface area (Å²) in [5, 5.41) is 11.4. The molecule has 0 aliphatic carbocycles. The number of amides is 1. The van der Waals surface area contributed by atoms with E-state index >= 15 is 0 Å². The first kappa shape index (κ1) is 22.8. The number of rotatable bonds is 4. The second-order valence-corrected chi connectivity index (χ2v) is 9.77. The van der Waals surface area contributed by atoms with Crippen LogP contribution >= 0.6 is 0 Å². The van der Waals surface area contributed by atoms with Crippen LogP contribution in [0.25, 0.3) is 33.6 Å². The summed E-state index contributed by atoms with van der Waals surface area (Å²) in [4.78, 5) is 23.3. The molecule has 0 spiro atoms. The van der Waals surface area contributed by atoms with Crippen molar-refractivity contribution in [3.05, 3.63) is 61.4 Å². The topological polar surface area (TPSA) is 102 Å². The van der Waals surface area contributed by atoms with E-state index in [1.54, 1.807) is 11.1 Å². The van der Waals surface area contributed by atoms with Gasteiger partial charge >= 0.3 is 6.09 Å². The summed E-state index contributed by atoms with van der Waals surface area (Å²) in [7, 11) is 0. The van der Waals surface area contributed by atoms with E-state index in [0.717, 1.165) is 40.7 Å². The van der Waals surface area contributed by atoms with E-state index in [0.29, 0.717) is 18.9 Å². The van der Waals surface area contributed by atoms with Crippen LogP contribution in [-0.2, 0) is 4.74 Å². The van der Waals surface area contributed by atoms with Gasteiger partial charge in [-0.25, -0.2) is 14.8 Å². The Labute approximate surface area is 204 Å². The van der Waals surface area contributed by atoms with Gasteiger partial charge in [0.2, 0.25) is 0 Å². The highest BCUT2D eigenvalue weighted by Gasteiger charge is 2.28. The first-order valence-corrected chi connectivity index (χ1v) is 11.8. The fourth-order valence-electron chi connectivity index (χ4n) is 4.20. The lowest BCUT2D eigenvalue weighted by atomic mass is 10.1. The number of benzene rings is 1. The smallest absolute Gasteiger partial charge is 0.410 e. The summed E-state index contributed by atoms with van der Waals surface area (Å²) in [6.45, 7) is 6.97. The van der Waals surface area contributed by atoms with Crippen LogP contribution in [0.1, 0.15) is 39.7 Å². The molecule has 9 nitrogen and oxygen atoms in total. The molecular weight excluding hydrogens is 442 g/mol. The van der Waals surface area contributed by atoms with Crippen molar-refractivity contribution in [1.29, 1.82) is 0 Å². The molecule has 1 amide bonds. The Hall–Kier alpha value is -4.01. The van der Waals surface area contributed by atoms with Gasteiger partial charge in [0.25, 0.3) is 0 Å². The Morgan fingerprint density at radius 1 is 0.971 bits per heavy atom. The lowest BCUT2D eigenvalue weighted by Crippen LogP contribution is -2.42. The van der Waals surface area contributed by atoms with Gasteiger partial charge in [-0.2, -0.15) is 10.2 Å². The van der Waals surface area contributed by atoms with E-state index in [1.807, 2.05) is 74.6 Å². The molecule has 0 radical (unpaired) electrons. The Balaban J connectivity index is 1.24. The predicted molar refractivity (Wildman–Crippen MR) is 132 cm³/mol. The summed E-state index contributed by atoms with van der Waals surface area (Å²) in [5.41, 5.74) is 4.43. The second-order valence-electron chi connectivity index (χ2n) is 9.77. The molecule has 1 aliphatic heterocycles. The van der Waals surface area contributed by atoms with E-state index in [1.165, 1.54) is 0 Å². The standard InChI is InChI=1S/C26H29N7O2/c1-26(2,3)35-25(34)32-9-7-23(8-10-32)33-17-22(16-31-33)20-12-27-24(28-13-20)19-6-4-5-18(11-19)21-14-29-30-15-21/h4-6,11-17,23H,7-10H2,1-3H3,(H,29,30). The number of H-pyrrole nitrogens is 1. The summed E-state index contributed by atoms with van der Waals surface area (Å²) in [6, 6.07) is 8.33. The van der Waals surface area contributed by atoms with Gasteiger partial charge in [-0.15, -0.1) is 0 Å². The minimum absolute atomic E-state index is 0.244. The molecule has 35 heavy (non-hydrogen) atoms. The van der Waals surface area contributed by atoms with Crippen molar-refractivity contribution >= 4 is 6.09 Å². The molecule has 1 saturated heterocycles. The average Bonchev–Trinajstić information content (AvgIpc) is 3.56. The third-order valence-corrected chi connectivity index (χ3v) is 6.03. The van der Waals surface area contributed by atoms with Crippen LogP contribution in [0.5, 0.6) is 0 Å². The third kappa shape index (κ3) is 5.24. The molecule has 0 saturated carbocycles. The van der Waals surface area contributed by atoms with Crippen molar-refractivity contribution in [2.45, 2.75) is 45.3 Å². The first-order chi connectivity index (χ1) is 16.9. The summed E-state index contributed by atoms with van der Waals surface area (Å²) in [6.07, 6.45) is 12.6. The molecule has 0 bridgehead atoms. The summed E-state index contributed by atoms with van der Waals surface area (Å²) in [5.74, 6) is 0.668. The molecule has 1 aliphatic rings. The van der Waals surface area contributed by atoms with Crippen molar-refractivity contribution in [2.75, 3.05) is 13.1 Å². The van der Waals surface area contributed by atoms with Gasteiger partial charge < -0.3 is 9.64 Å². The quantitative estimate of drug-likeness (QED) is 0.451. The van der Waals surface area contributed by atoms with E-state index in [9.17, 15) is 4.79 Å². The van der Waals surface area contributed by atoms with Crippen molar-refractivity contribution in [3.63, 3.8) is 0 Å². The molecule has 3 aromatic heterocycles. The number of nitrogens with zero attached hydrogens (tertiary/aromatic N) is 6. The number of likely N-dealkylation sites (tertiary alicyclic amines) is 1. The minimum atomic E-state index is -0.481. The van der Waals surface area contributed by atoms with Gasteiger partial charge in [-0.1, -0.05) is 18.2 Å². The molecule has 1 fully saturated rings. The number of ether oxygens (including phenoxy) is 1. The normalized spacial score (nSPS) is 14.8. The largest absolute Gasteiger partial charge is 0.444 e. The lowest BCUT2D eigenvalue weighted by molar-refractivity contribution is 0.0185. The van der Waals surface area contributed by atoms with Gasteiger partial charge in [0.1, 0.15) is 5.60 Å². The number of hydrogen-bond acceptors (Lipinski definition) is 6. The fraction of sp³-hybridized carbons (Fsp3) is 0.346. The maximum absolute atomic E-state index is 12.3. The molecule has 0 atom stereocenters. The molecule has 4 aromatic rings. The first-order valence-electron chi connectivity index (χ1n) is 11.8. The molecule has 5 rings (SSSR count). The number of piperidine rings is 1. The van der Waals surface area contributed by atoms with Crippen LogP contribution in [0.15, 0.2) is 61.4 Å². The number of aromatic amines is 1. The predicted octanol–water partition coefficient (Wildman–Crippen LogP) is 4.97. The Morgan fingerprint density at radius 2 is 1.71 bits per heavy atom. The Kier molecular flexibility index (Phi) is 6.07. The number of carbonyl (C=O) groups is 1. The van der Waals surface area contributed by atoms with Crippen molar-refractivity contribution in [1.82, 2.24) is 34.8 Å². The zero-order chi connectivity index (χ0) is 24.4. The van der Waals surface area contributed by atoms with Crippen LogP contribution in [0, 0.1) is 0 Å². The molecule has 4 heterocycles. The van der Waals surface area contributed by atoms with Gasteiger partial charge in [-0.05, 0) is 45.2 Å². The SMILES string of the molecule is CC(C)(C)OC(=O)N1CCC(n2cc(-c3cnc(-c4cccc(-c5cn[nH]c5)c4)nc3)cn2)CC1. The summed E-state index contributed by atoms with van der Waals surface area (Å²) < 4.78 is 7.48. The average molecular weight is 472 g/mol. The fourth-order valence-corrected chi connectivity index (χ4v) is 4.20. The maximum Gasteiger partial charge on any atom is 0.410 e. The third-order valence-electron chi connectivity index (χ3n) is 6.03. The zero-order valence-corrected chi connectivity index (χ0v) is 20.2. The highest BCUT2D eigenvalue weighted by Crippen LogP contribution is 2.27. The zero-order valence-electron chi connectivity index (χ0n) is 20.2. The number of hydrogen-bond donors (Lipinski definition) is 1. The van der Waals surface area contributed by atoms with E-state index in [-0.39, 0.29) is 12.1 Å². The minimum Gasteiger partial charge on any atom is -0.444 e. The van der Waals surface area contributed by atoms with Crippen LogP contribution in [-0.4, -0.2) is 59.6 Å². The second kappa shape index (κ2) is 9.32. The molecule has 0 unspecified atom stereocenters. The van der Waals surface area contributed by atoms with Crippen LogP contribution in [0.2, 0.25) is 0 Å². The Bertz CT molecular complexity index is 1280.